The summed E-state index contributed by atoms with van der Waals surface area (Å²) in [6.07, 6.45) is 0. The molecule has 9 nitrogen and oxygen atoms in total. The molecule has 0 N–H and O–H groups in total. The quantitative estimate of drug-likeness (QED) is 0.133. The van der Waals surface area contributed by atoms with Crippen molar-refractivity contribution in [3.05, 3.63) is 249 Å². The summed E-state index contributed by atoms with van der Waals surface area (Å²) in [4.78, 5) is 41.7. The van der Waals surface area contributed by atoms with Crippen molar-refractivity contribution in [2.24, 2.45) is 0 Å². The highest BCUT2D eigenvalue weighted by molar-refractivity contribution is 6.11. The van der Waals surface area contributed by atoms with E-state index in [-0.39, 0.29) is 0 Å². The summed E-state index contributed by atoms with van der Waals surface area (Å²) in [5, 5.41) is 2.09. The molecule has 73 heavy (non-hydrogen) atoms. The highest BCUT2D eigenvalue weighted by Gasteiger charge is 2.25. The van der Waals surface area contributed by atoms with Crippen LogP contribution >= 0.6 is 0 Å². The van der Waals surface area contributed by atoms with Crippen molar-refractivity contribution >= 4 is 21.8 Å². The van der Waals surface area contributed by atoms with E-state index in [1.807, 2.05) is 164 Å². The van der Waals surface area contributed by atoms with Gasteiger partial charge in [-0.15, -0.1) is 0 Å². The van der Waals surface area contributed by atoms with Crippen LogP contribution in [-0.2, 0) is 0 Å². The Hall–Kier alpha value is -10.1. The lowest BCUT2D eigenvalue weighted by atomic mass is 10.0. The van der Waals surface area contributed by atoms with E-state index in [9.17, 15) is 0 Å². The summed E-state index contributed by atoms with van der Waals surface area (Å²) in [6, 6.07) is 84.0. The summed E-state index contributed by atoms with van der Waals surface area (Å²) >= 11 is 0. The third kappa shape index (κ3) is 8.26. The van der Waals surface area contributed by atoms with E-state index < -0.39 is 0 Å². The fraction of sp³-hybridized carbons (Fsp3) is 0. The molecule has 0 saturated carbocycles. The summed E-state index contributed by atoms with van der Waals surface area (Å²) in [5.74, 6) is 3.87. The Morgan fingerprint density at radius 3 is 1.00 bits per heavy atom. The fourth-order valence-electron chi connectivity index (χ4n) is 9.44. The predicted molar refractivity (Wildman–Crippen MR) is 292 cm³/mol. The van der Waals surface area contributed by atoms with Crippen molar-refractivity contribution < 1.29 is 0 Å². The second kappa shape index (κ2) is 18.7. The minimum Gasteiger partial charge on any atom is -0.308 e. The zero-order valence-electron chi connectivity index (χ0n) is 39.2. The van der Waals surface area contributed by atoms with Crippen LogP contribution in [0.5, 0.6) is 0 Å². The molecule has 0 atom stereocenters. The summed E-state index contributed by atoms with van der Waals surface area (Å²) in [7, 11) is 0. The van der Waals surface area contributed by atoms with Gasteiger partial charge in [0.1, 0.15) is 0 Å². The Bertz CT molecular complexity index is 3800. The van der Waals surface area contributed by atoms with Crippen molar-refractivity contribution in [2.45, 2.75) is 0 Å². The first-order valence-corrected chi connectivity index (χ1v) is 24.1. The van der Waals surface area contributed by atoms with E-state index in [1.54, 1.807) is 0 Å². The molecule has 0 radical (unpaired) electrons. The van der Waals surface area contributed by atoms with E-state index in [2.05, 4.69) is 89.5 Å². The number of benzene rings is 9. The second-order valence-electron chi connectivity index (χ2n) is 17.6. The lowest BCUT2D eigenvalue weighted by Crippen LogP contribution is -2.07. The zero-order chi connectivity index (χ0) is 48.5. The average molecular weight is 936 g/mol. The number of aromatic nitrogens is 9. The maximum absolute atomic E-state index is 5.31. The molecular weight excluding hydrogens is 895 g/mol. The molecule has 13 aromatic rings. The van der Waals surface area contributed by atoms with Gasteiger partial charge in [-0.2, -0.15) is 0 Å². The summed E-state index contributed by atoms with van der Waals surface area (Å²) in [6.45, 7) is 0. The van der Waals surface area contributed by atoms with Crippen molar-refractivity contribution in [3.63, 3.8) is 0 Å². The Balaban J connectivity index is 1.10. The largest absolute Gasteiger partial charge is 0.308 e. The molecule has 4 heterocycles. The van der Waals surface area contributed by atoms with E-state index in [0.29, 0.717) is 40.8 Å². The number of fused-ring (bicyclic) bond motifs is 3. The number of nitrogens with zero attached hydrogens (tertiary/aromatic N) is 9. The lowest BCUT2D eigenvalue weighted by molar-refractivity contribution is 1.05. The topological polar surface area (TPSA) is 108 Å². The van der Waals surface area contributed by atoms with Crippen LogP contribution in [0.3, 0.4) is 0 Å². The van der Waals surface area contributed by atoms with Gasteiger partial charge in [-0.3, -0.25) is 0 Å². The third-order valence-electron chi connectivity index (χ3n) is 12.9. The molecule has 0 aliphatic rings. The molecule has 0 saturated heterocycles. The standard InChI is InChI=1S/C64H41N9/c1-7-22-42(23-8-1)53-41-54(66-58(65-53)43-24-9-2-10-25-43)48-38-39-56-52(40-48)49-34-19-20-37-55(49)73(56)57-50(63-69-59(44-26-11-3-12-27-44)67-60(70-63)45-28-13-4-14-29-45)35-21-36-51(57)64-71-61(46-30-15-5-16-31-46)68-62(72-64)47-32-17-6-18-33-47/h1-41H. The van der Waals surface area contributed by atoms with Gasteiger partial charge < -0.3 is 4.57 Å². The molecule has 0 fully saturated rings. The Morgan fingerprint density at radius 2 is 0.562 bits per heavy atom. The van der Waals surface area contributed by atoms with Crippen LogP contribution in [0.1, 0.15) is 0 Å². The minimum absolute atomic E-state index is 0.496. The summed E-state index contributed by atoms with van der Waals surface area (Å²) in [5.41, 5.74) is 12.3. The zero-order valence-corrected chi connectivity index (χ0v) is 39.2. The molecule has 0 amide bonds. The third-order valence-corrected chi connectivity index (χ3v) is 12.9. The molecule has 0 spiro atoms. The van der Waals surface area contributed by atoms with Gasteiger partial charge in [-0.25, -0.2) is 39.9 Å². The molecular formula is C64H41N9. The minimum atomic E-state index is 0.496. The van der Waals surface area contributed by atoms with Crippen molar-refractivity contribution in [1.29, 1.82) is 0 Å². The SMILES string of the molecule is c1ccc(-c2cc(-c3ccc4c(c3)c3ccccc3n4-c3c(-c4nc(-c5ccccc5)nc(-c5ccccc5)n4)cccc3-c3nc(-c4ccccc4)nc(-c4ccccc4)n3)nc(-c3ccccc3)n2)cc1. The van der Waals surface area contributed by atoms with E-state index >= 15 is 0 Å². The fourth-order valence-corrected chi connectivity index (χ4v) is 9.44. The van der Waals surface area contributed by atoms with Crippen molar-refractivity contribution in [1.82, 2.24) is 44.4 Å². The van der Waals surface area contributed by atoms with Crippen LogP contribution < -0.4 is 0 Å². The Morgan fingerprint density at radius 1 is 0.219 bits per heavy atom. The first-order chi connectivity index (χ1) is 36.2. The monoisotopic (exact) mass is 935 g/mol. The van der Waals surface area contributed by atoms with Gasteiger partial charge in [-0.05, 0) is 36.4 Å². The molecule has 0 aliphatic carbocycles. The smallest absolute Gasteiger partial charge is 0.166 e. The van der Waals surface area contributed by atoms with Gasteiger partial charge in [0, 0.05) is 60.8 Å². The highest BCUT2D eigenvalue weighted by Crippen LogP contribution is 2.42. The number of para-hydroxylation sites is 2. The normalized spacial score (nSPS) is 11.3. The van der Waals surface area contributed by atoms with Gasteiger partial charge >= 0.3 is 0 Å². The van der Waals surface area contributed by atoms with Crippen LogP contribution in [0, 0.1) is 0 Å². The number of rotatable bonds is 10. The van der Waals surface area contributed by atoms with Gasteiger partial charge in [-0.1, -0.05) is 212 Å². The molecule has 0 unspecified atom stereocenters. The van der Waals surface area contributed by atoms with Gasteiger partial charge in [0.2, 0.25) is 0 Å². The van der Waals surface area contributed by atoms with Crippen LogP contribution in [0.25, 0.3) is 130 Å². The predicted octanol–water partition coefficient (Wildman–Crippen LogP) is 14.9. The maximum Gasteiger partial charge on any atom is 0.166 e. The first-order valence-electron chi connectivity index (χ1n) is 24.1. The number of hydrogen-bond acceptors (Lipinski definition) is 8. The van der Waals surface area contributed by atoms with Gasteiger partial charge in [0.25, 0.3) is 0 Å². The Kier molecular flexibility index (Phi) is 11.0. The van der Waals surface area contributed by atoms with Crippen LogP contribution in [0.2, 0.25) is 0 Å². The molecule has 342 valence electrons. The lowest BCUT2D eigenvalue weighted by Gasteiger charge is -2.19. The Labute approximate surface area is 421 Å². The van der Waals surface area contributed by atoms with Crippen LogP contribution in [0.15, 0.2) is 249 Å². The first kappa shape index (κ1) is 42.9. The molecule has 0 aliphatic heterocycles. The van der Waals surface area contributed by atoms with E-state index in [0.717, 1.165) is 89.0 Å². The van der Waals surface area contributed by atoms with Crippen LogP contribution in [0.4, 0.5) is 0 Å². The maximum atomic E-state index is 5.31. The highest BCUT2D eigenvalue weighted by atomic mass is 15.1. The average Bonchev–Trinajstić information content (AvgIpc) is 3.81. The molecule has 4 aromatic heterocycles. The van der Waals surface area contributed by atoms with Crippen molar-refractivity contribution in [3.8, 4) is 108 Å². The molecule has 0 bridgehead atoms. The second-order valence-corrected chi connectivity index (χ2v) is 17.6. The van der Waals surface area contributed by atoms with E-state index in [1.165, 1.54) is 0 Å². The molecule has 13 rings (SSSR count). The van der Waals surface area contributed by atoms with Crippen LogP contribution in [-0.4, -0.2) is 44.4 Å². The van der Waals surface area contributed by atoms with Gasteiger partial charge in [0.05, 0.1) is 28.1 Å². The van der Waals surface area contributed by atoms with Gasteiger partial charge in [0.15, 0.2) is 40.8 Å². The van der Waals surface area contributed by atoms with Crippen molar-refractivity contribution in [2.75, 3.05) is 0 Å². The molecule has 9 aromatic carbocycles. The summed E-state index contributed by atoms with van der Waals surface area (Å²) < 4.78 is 2.31. The number of hydrogen-bond donors (Lipinski definition) is 0. The molecule has 9 heteroatoms. The van der Waals surface area contributed by atoms with E-state index in [4.69, 9.17) is 39.9 Å².